The summed E-state index contributed by atoms with van der Waals surface area (Å²) in [4.78, 5) is 0.399. The molecule has 2 rings (SSSR count). The summed E-state index contributed by atoms with van der Waals surface area (Å²) in [6.07, 6.45) is 4.69. The molecule has 1 aliphatic rings. The van der Waals surface area contributed by atoms with Gasteiger partial charge >= 0.3 is 0 Å². The van der Waals surface area contributed by atoms with Gasteiger partial charge < -0.3 is 5.32 Å². The van der Waals surface area contributed by atoms with Gasteiger partial charge in [0.1, 0.15) is 0 Å². The van der Waals surface area contributed by atoms with Crippen molar-refractivity contribution < 1.29 is 8.42 Å². The van der Waals surface area contributed by atoms with Crippen LogP contribution < -0.4 is 10.0 Å². The first-order valence-electron chi connectivity index (χ1n) is 7.85. The number of rotatable bonds is 7. The fourth-order valence-corrected chi connectivity index (χ4v) is 4.59. The van der Waals surface area contributed by atoms with Gasteiger partial charge in [0.05, 0.1) is 4.90 Å². The van der Waals surface area contributed by atoms with E-state index in [1.54, 1.807) is 12.1 Å². The van der Waals surface area contributed by atoms with E-state index in [0.29, 0.717) is 17.4 Å². The van der Waals surface area contributed by atoms with E-state index in [4.69, 9.17) is 0 Å². The number of benzene rings is 1. The van der Waals surface area contributed by atoms with Crippen molar-refractivity contribution in [2.24, 2.45) is 5.92 Å². The Morgan fingerprint density at radius 3 is 2.57 bits per heavy atom. The van der Waals surface area contributed by atoms with E-state index in [1.807, 2.05) is 26.0 Å². The van der Waals surface area contributed by atoms with E-state index in [2.05, 4.69) is 10.0 Å². The highest BCUT2D eigenvalue weighted by atomic mass is 32.2. The monoisotopic (exact) mass is 310 g/mol. The molecule has 1 aromatic carbocycles. The first kappa shape index (κ1) is 16.5. The smallest absolute Gasteiger partial charge is 0.241 e. The molecule has 0 saturated heterocycles. The Morgan fingerprint density at radius 1 is 1.24 bits per heavy atom. The van der Waals surface area contributed by atoms with Crippen molar-refractivity contribution >= 4 is 10.0 Å². The summed E-state index contributed by atoms with van der Waals surface area (Å²) in [6, 6.07) is 7.23. The van der Waals surface area contributed by atoms with Gasteiger partial charge in [-0.2, -0.15) is 0 Å². The van der Waals surface area contributed by atoms with Crippen LogP contribution in [0.2, 0.25) is 0 Å². The van der Waals surface area contributed by atoms with Crippen LogP contribution in [0.5, 0.6) is 0 Å². The van der Waals surface area contributed by atoms with E-state index < -0.39 is 10.0 Å². The number of hydrogen-bond donors (Lipinski definition) is 2. The molecule has 1 saturated carbocycles. The SMILES string of the molecule is CCNCc1ccccc1S(=O)(=O)NC(C)C1CCCC1. The Hall–Kier alpha value is -0.910. The van der Waals surface area contributed by atoms with Gasteiger partial charge in [-0.05, 0) is 43.9 Å². The molecule has 1 aromatic rings. The summed E-state index contributed by atoms with van der Waals surface area (Å²) in [5.74, 6) is 0.473. The summed E-state index contributed by atoms with van der Waals surface area (Å²) >= 11 is 0. The third-order valence-electron chi connectivity index (χ3n) is 4.28. The quantitative estimate of drug-likeness (QED) is 0.814. The molecule has 1 unspecified atom stereocenters. The maximum Gasteiger partial charge on any atom is 0.241 e. The lowest BCUT2D eigenvalue weighted by Gasteiger charge is -2.21. The predicted molar refractivity (Wildman–Crippen MR) is 85.6 cm³/mol. The summed E-state index contributed by atoms with van der Waals surface area (Å²) < 4.78 is 28.2. The molecule has 0 heterocycles. The van der Waals surface area contributed by atoms with Crippen molar-refractivity contribution in [1.82, 2.24) is 10.0 Å². The van der Waals surface area contributed by atoms with Gasteiger partial charge in [0.15, 0.2) is 0 Å². The average molecular weight is 310 g/mol. The zero-order chi connectivity index (χ0) is 15.3. The number of hydrogen-bond acceptors (Lipinski definition) is 3. The van der Waals surface area contributed by atoms with Crippen molar-refractivity contribution in [1.29, 1.82) is 0 Å². The number of sulfonamides is 1. The van der Waals surface area contributed by atoms with E-state index in [0.717, 1.165) is 24.9 Å². The molecule has 0 spiro atoms. The molecule has 0 radical (unpaired) electrons. The molecule has 0 amide bonds. The van der Waals surface area contributed by atoms with Crippen LogP contribution in [0.1, 0.15) is 45.1 Å². The zero-order valence-electron chi connectivity index (χ0n) is 12.9. The maximum absolute atomic E-state index is 12.6. The Labute approximate surface area is 128 Å². The minimum Gasteiger partial charge on any atom is -0.313 e. The second-order valence-electron chi connectivity index (χ2n) is 5.84. The van der Waals surface area contributed by atoms with Gasteiger partial charge in [-0.25, -0.2) is 13.1 Å². The Balaban J connectivity index is 2.14. The largest absolute Gasteiger partial charge is 0.313 e. The maximum atomic E-state index is 12.6. The van der Waals surface area contributed by atoms with Crippen LogP contribution >= 0.6 is 0 Å². The molecular formula is C16H26N2O2S. The van der Waals surface area contributed by atoms with E-state index >= 15 is 0 Å². The van der Waals surface area contributed by atoms with Crippen LogP contribution in [0.15, 0.2) is 29.2 Å². The standard InChI is InChI=1S/C16H26N2O2S/c1-3-17-12-15-10-6-7-11-16(15)21(19,20)18-13(2)14-8-4-5-9-14/h6-7,10-11,13-14,17-18H,3-5,8-9,12H2,1-2H3. The molecule has 118 valence electrons. The lowest BCUT2D eigenvalue weighted by atomic mass is 10.0. The average Bonchev–Trinajstić information content (AvgIpc) is 2.99. The van der Waals surface area contributed by atoms with Crippen LogP contribution in [0.25, 0.3) is 0 Å². The first-order valence-corrected chi connectivity index (χ1v) is 9.34. The minimum absolute atomic E-state index is 0.00434. The summed E-state index contributed by atoms with van der Waals surface area (Å²) in [5, 5.41) is 3.19. The van der Waals surface area contributed by atoms with Gasteiger partial charge in [0.2, 0.25) is 10.0 Å². The zero-order valence-corrected chi connectivity index (χ0v) is 13.7. The van der Waals surface area contributed by atoms with Crippen LogP contribution in [0.4, 0.5) is 0 Å². The van der Waals surface area contributed by atoms with Crippen LogP contribution in [0, 0.1) is 5.92 Å². The minimum atomic E-state index is -3.45. The molecule has 4 nitrogen and oxygen atoms in total. The highest BCUT2D eigenvalue weighted by molar-refractivity contribution is 7.89. The van der Waals surface area contributed by atoms with E-state index in [9.17, 15) is 8.42 Å². The van der Waals surface area contributed by atoms with Crippen molar-refractivity contribution in [3.63, 3.8) is 0 Å². The molecule has 1 fully saturated rings. The summed E-state index contributed by atoms with van der Waals surface area (Å²) in [5.41, 5.74) is 0.825. The van der Waals surface area contributed by atoms with E-state index in [-0.39, 0.29) is 6.04 Å². The summed E-state index contributed by atoms with van der Waals surface area (Å²) in [7, 11) is -3.45. The summed E-state index contributed by atoms with van der Waals surface area (Å²) in [6.45, 7) is 5.39. The van der Waals surface area contributed by atoms with Crippen molar-refractivity contribution in [3.05, 3.63) is 29.8 Å². The second-order valence-corrected chi connectivity index (χ2v) is 7.52. The lowest BCUT2D eigenvalue weighted by Crippen LogP contribution is -2.37. The Morgan fingerprint density at radius 2 is 1.90 bits per heavy atom. The Bertz CT molecular complexity index is 551. The van der Waals surface area contributed by atoms with Crippen LogP contribution in [-0.4, -0.2) is 21.0 Å². The molecule has 5 heteroatoms. The predicted octanol–water partition coefficient (Wildman–Crippen LogP) is 2.65. The molecule has 0 bridgehead atoms. The van der Waals surface area contributed by atoms with Crippen LogP contribution in [-0.2, 0) is 16.6 Å². The highest BCUT2D eigenvalue weighted by Crippen LogP contribution is 2.28. The van der Waals surface area contributed by atoms with Crippen molar-refractivity contribution in [3.8, 4) is 0 Å². The van der Waals surface area contributed by atoms with Gasteiger partial charge in [0, 0.05) is 12.6 Å². The fraction of sp³-hybridized carbons (Fsp3) is 0.625. The van der Waals surface area contributed by atoms with Gasteiger partial charge in [0.25, 0.3) is 0 Å². The van der Waals surface area contributed by atoms with Gasteiger partial charge in [-0.15, -0.1) is 0 Å². The topological polar surface area (TPSA) is 58.2 Å². The van der Waals surface area contributed by atoms with Gasteiger partial charge in [-0.3, -0.25) is 0 Å². The molecule has 0 aromatic heterocycles. The molecule has 2 N–H and O–H groups in total. The van der Waals surface area contributed by atoms with Crippen molar-refractivity contribution in [2.45, 2.75) is 57.0 Å². The van der Waals surface area contributed by atoms with Crippen LogP contribution in [0.3, 0.4) is 0 Å². The van der Waals surface area contributed by atoms with E-state index in [1.165, 1.54) is 12.8 Å². The third-order valence-corrected chi connectivity index (χ3v) is 5.93. The Kier molecular flexibility index (Phi) is 5.79. The molecule has 21 heavy (non-hydrogen) atoms. The molecule has 1 aliphatic carbocycles. The highest BCUT2D eigenvalue weighted by Gasteiger charge is 2.27. The third kappa shape index (κ3) is 4.28. The molecule has 0 aliphatic heterocycles. The fourth-order valence-electron chi connectivity index (χ4n) is 3.03. The molecule has 1 atom stereocenters. The van der Waals surface area contributed by atoms with Gasteiger partial charge in [-0.1, -0.05) is 38.0 Å². The van der Waals surface area contributed by atoms with Crippen molar-refractivity contribution in [2.75, 3.05) is 6.54 Å². The first-order chi connectivity index (χ1) is 10.0. The number of nitrogens with one attached hydrogen (secondary N) is 2. The second kappa shape index (κ2) is 7.38. The molecular weight excluding hydrogens is 284 g/mol. The lowest BCUT2D eigenvalue weighted by molar-refractivity contribution is 0.423. The normalized spacial score (nSPS) is 18.0.